The van der Waals surface area contributed by atoms with Crippen LogP contribution in [0.15, 0.2) is 42.7 Å². The van der Waals surface area contributed by atoms with Crippen LogP contribution in [-0.4, -0.2) is 17.0 Å². The average molecular weight is 328 g/mol. The number of benzene rings is 1. The van der Waals surface area contributed by atoms with E-state index in [9.17, 15) is 9.18 Å². The first-order valence-corrected chi connectivity index (χ1v) is 8.17. The lowest BCUT2D eigenvalue weighted by atomic mass is 10.1. The Balaban J connectivity index is 1.53. The maximum Gasteiger partial charge on any atom is 0.224 e. The van der Waals surface area contributed by atoms with E-state index in [-0.39, 0.29) is 29.6 Å². The Bertz CT molecular complexity index is 719. The summed E-state index contributed by atoms with van der Waals surface area (Å²) in [5.41, 5.74) is 1.81. The van der Waals surface area contributed by atoms with E-state index < -0.39 is 5.82 Å². The minimum atomic E-state index is -0.407. The molecule has 3 rings (SSSR count). The Morgan fingerprint density at radius 1 is 1.42 bits per heavy atom. The molecule has 2 aromatic rings. The summed E-state index contributed by atoms with van der Waals surface area (Å²) in [7, 11) is 0. The minimum absolute atomic E-state index is 0.00627. The summed E-state index contributed by atoms with van der Waals surface area (Å²) in [4.78, 5) is 16.3. The summed E-state index contributed by atoms with van der Waals surface area (Å²) < 4.78 is 19.3. The van der Waals surface area contributed by atoms with Gasteiger partial charge in [-0.1, -0.05) is 12.1 Å². The van der Waals surface area contributed by atoms with E-state index in [1.54, 1.807) is 24.5 Å². The first-order chi connectivity index (χ1) is 11.5. The summed E-state index contributed by atoms with van der Waals surface area (Å²) in [6.07, 6.45) is 4.29. The second-order valence-corrected chi connectivity index (χ2v) is 6.38. The van der Waals surface area contributed by atoms with E-state index in [0.717, 1.165) is 17.5 Å². The number of rotatable bonds is 6. The number of aromatic nitrogens is 1. The fourth-order valence-corrected chi connectivity index (χ4v) is 2.77. The summed E-state index contributed by atoms with van der Waals surface area (Å²) in [6, 6.07) is 8.66. The molecular formula is C19H21FN2O2. The van der Waals surface area contributed by atoms with Gasteiger partial charge in [0.25, 0.3) is 0 Å². The molecule has 0 spiro atoms. The van der Waals surface area contributed by atoms with Gasteiger partial charge in [-0.05, 0) is 55.5 Å². The highest BCUT2D eigenvalue weighted by Crippen LogP contribution is 2.47. The van der Waals surface area contributed by atoms with Crippen LogP contribution in [0.3, 0.4) is 0 Å². The normalized spacial score (nSPS) is 19.2. The average Bonchev–Trinajstić information content (AvgIpc) is 3.36. The van der Waals surface area contributed by atoms with Crippen LogP contribution in [0.2, 0.25) is 0 Å². The zero-order chi connectivity index (χ0) is 17.1. The Labute approximate surface area is 141 Å². The van der Waals surface area contributed by atoms with Crippen molar-refractivity contribution >= 4 is 5.91 Å². The van der Waals surface area contributed by atoms with Crippen LogP contribution in [0.5, 0.6) is 5.75 Å². The van der Waals surface area contributed by atoms with Crippen molar-refractivity contribution in [3.05, 3.63) is 59.7 Å². The van der Waals surface area contributed by atoms with Crippen molar-refractivity contribution < 1.29 is 13.9 Å². The van der Waals surface area contributed by atoms with Crippen LogP contribution in [0.1, 0.15) is 37.3 Å². The third kappa shape index (κ3) is 3.91. The zero-order valence-electron chi connectivity index (χ0n) is 13.8. The maximum atomic E-state index is 13.9. The summed E-state index contributed by atoms with van der Waals surface area (Å²) >= 11 is 0. The number of hydrogen-bond donors (Lipinski definition) is 1. The van der Waals surface area contributed by atoms with Crippen molar-refractivity contribution in [2.75, 3.05) is 0 Å². The molecule has 1 N–H and O–H groups in total. The van der Waals surface area contributed by atoms with E-state index >= 15 is 0 Å². The fourth-order valence-electron chi connectivity index (χ4n) is 2.77. The fraction of sp³-hybridized carbons (Fsp3) is 0.368. The van der Waals surface area contributed by atoms with Crippen LogP contribution in [0, 0.1) is 11.7 Å². The second-order valence-electron chi connectivity index (χ2n) is 6.38. The molecule has 0 radical (unpaired) electrons. The molecule has 0 aliphatic heterocycles. The molecule has 24 heavy (non-hydrogen) atoms. The first kappa shape index (κ1) is 16.4. The van der Waals surface area contributed by atoms with Crippen molar-refractivity contribution in [3.63, 3.8) is 0 Å². The van der Waals surface area contributed by atoms with Crippen molar-refractivity contribution in [1.29, 1.82) is 0 Å². The molecule has 0 saturated heterocycles. The molecule has 126 valence electrons. The smallest absolute Gasteiger partial charge is 0.224 e. The monoisotopic (exact) mass is 328 g/mol. The molecule has 1 aromatic heterocycles. The highest BCUT2D eigenvalue weighted by atomic mass is 19.1. The molecule has 1 heterocycles. The molecule has 0 bridgehead atoms. The highest BCUT2D eigenvalue weighted by Gasteiger charge is 2.43. The van der Waals surface area contributed by atoms with E-state index in [1.807, 2.05) is 26.0 Å². The lowest BCUT2D eigenvalue weighted by Crippen LogP contribution is -2.25. The molecule has 1 aliphatic rings. The molecule has 1 aliphatic carbocycles. The Kier molecular flexibility index (Phi) is 4.79. The standard InChI is InChI=1S/C19H21FN2O2/c1-12(2)24-18-6-5-13(8-17(18)20)10-22-19(23)16-9-15(16)14-4-3-7-21-11-14/h3-8,11-12,15-16H,9-10H2,1-2H3,(H,22,23). The molecule has 1 fully saturated rings. The van der Waals surface area contributed by atoms with Gasteiger partial charge in [0.15, 0.2) is 11.6 Å². The number of carbonyl (C=O) groups excluding carboxylic acids is 1. The van der Waals surface area contributed by atoms with E-state index in [2.05, 4.69) is 10.3 Å². The summed E-state index contributed by atoms with van der Waals surface area (Å²) in [5.74, 6) is 0.0700. The molecule has 1 aromatic carbocycles. The first-order valence-electron chi connectivity index (χ1n) is 8.17. The van der Waals surface area contributed by atoms with E-state index in [1.165, 1.54) is 6.07 Å². The quantitative estimate of drug-likeness (QED) is 0.884. The number of nitrogens with one attached hydrogen (secondary N) is 1. The van der Waals surface area contributed by atoms with E-state index in [0.29, 0.717) is 6.54 Å². The van der Waals surface area contributed by atoms with Crippen LogP contribution >= 0.6 is 0 Å². The van der Waals surface area contributed by atoms with Gasteiger partial charge in [0.1, 0.15) is 0 Å². The van der Waals surface area contributed by atoms with Gasteiger partial charge in [-0.3, -0.25) is 9.78 Å². The predicted octanol–water partition coefficient (Wildman–Crippen LogP) is 3.43. The predicted molar refractivity (Wildman–Crippen MR) is 89.1 cm³/mol. The molecule has 2 atom stereocenters. The van der Waals surface area contributed by atoms with Crippen LogP contribution in [-0.2, 0) is 11.3 Å². The lowest BCUT2D eigenvalue weighted by molar-refractivity contribution is -0.122. The number of hydrogen-bond acceptors (Lipinski definition) is 3. The van der Waals surface area contributed by atoms with Gasteiger partial charge in [0.2, 0.25) is 5.91 Å². The van der Waals surface area contributed by atoms with Crippen molar-refractivity contribution in [2.24, 2.45) is 5.92 Å². The van der Waals surface area contributed by atoms with Gasteiger partial charge in [-0.15, -0.1) is 0 Å². The summed E-state index contributed by atoms with van der Waals surface area (Å²) in [5, 5.41) is 2.88. The minimum Gasteiger partial charge on any atom is -0.488 e. The second kappa shape index (κ2) is 6.99. The van der Waals surface area contributed by atoms with Gasteiger partial charge < -0.3 is 10.1 Å². The van der Waals surface area contributed by atoms with Gasteiger partial charge >= 0.3 is 0 Å². The van der Waals surface area contributed by atoms with Crippen LogP contribution in [0.4, 0.5) is 4.39 Å². The number of carbonyl (C=O) groups is 1. The third-order valence-corrected chi connectivity index (χ3v) is 4.07. The number of amides is 1. The zero-order valence-corrected chi connectivity index (χ0v) is 13.8. The van der Waals surface area contributed by atoms with Gasteiger partial charge in [-0.25, -0.2) is 4.39 Å². The van der Waals surface area contributed by atoms with Crippen molar-refractivity contribution in [2.45, 2.75) is 38.8 Å². The Morgan fingerprint density at radius 3 is 2.92 bits per heavy atom. The van der Waals surface area contributed by atoms with E-state index in [4.69, 9.17) is 4.74 Å². The molecular weight excluding hydrogens is 307 g/mol. The van der Waals surface area contributed by atoms with Gasteiger partial charge in [-0.2, -0.15) is 0 Å². The van der Waals surface area contributed by atoms with Gasteiger partial charge in [0.05, 0.1) is 6.10 Å². The molecule has 1 saturated carbocycles. The van der Waals surface area contributed by atoms with Gasteiger partial charge in [0, 0.05) is 24.9 Å². The number of ether oxygens (including phenoxy) is 1. The molecule has 1 amide bonds. The third-order valence-electron chi connectivity index (χ3n) is 4.07. The molecule has 2 unspecified atom stereocenters. The molecule has 4 nitrogen and oxygen atoms in total. The topological polar surface area (TPSA) is 51.2 Å². The number of pyridine rings is 1. The highest BCUT2D eigenvalue weighted by molar-refractivity contribution is 5.82. The molecule has 5 heteroatoms. The van der Waals surface area contributed by atoms with Crippen LogP contribution < -0.4 is 10.1 Å². The SMILES string of the molecule is CC(C)Oc1ccc(CNC(=O)C2CC2c2cccnc2)cc1F. The Hall–Kier alpha value is -2.43. The number of halogens is 1. The van der Waals surface area contributed by atoms with Crippen LogP contribution in [0.25, 0.3) is 0 Å². The van der Waals surface area contributed by atoms with Crippen molar-refractivity contribution in [1.82, 2.24) is 10.3 Å². The maximum absolute atomic E-state index is 13.9. The number of nitrogens with zero attached hydrogens (tertiary/aromatic N) is 1. The largest absolute Gasteiger partial charge is 0.488 e. The lowest BCUT2D eigenvalue weighted by Gasteiger charge is -2.12. The summed E-state index contributed by atoms with van der Waals surface area (Å²) in [6.45, 7) is 4.01. The Morgan fingerprint density at radius 2 is 2.25 bits per heavy atom. The van der Waals surface area contributed by atoms with Crippen molar-refractivity contribution in [3.8, 4) is 5.75 Å².